The SMILES string of the molecule is CC(C)(C)OC(=O)C[C@@H](CCCC1CCCCC1)c1nc(CNS(=O)(=O)c2ccccn2)no1.O=C(O)C[C@@H](CCCC1CCCCC1)c1nc(CNS(=O)(=O)c2ccccn2)no1. The number of hydrogen-bond acceptors (Lipinski definition) is 15. The number of nitrogens with one attached hydrogen (secondary N) is 2. The van der Waals surface area contributed by atoms with E-state index in [0.717, 1.165) is 43.9 Å². The zero-order chi connectivity index (χ0) is 46.0. The second-order valence-electron chi connectivity index (χ2n) is 17.7. The molecule has 20 heteroatoms. The molecule has 3 N–H and O–H groups in total. The van der Waals surface area contributed by atoms with Gasteiger partial charge in [0.05, 0.1) is 25.9 Å². The van der Waals surface area contributed by atoms with Gasteiger partial charge < -0.3 is 18.9 Å². The molecule has 0 unspecified atom stereocenters. The van der Waals surface area contributed by atoms with Crippen LogP contribution in [-0.2, 0) is 47.5 Å². The van der Waals surface area contributed by atoms with Crippen LogP contribution < -0.4 is 9.44 Å². The Morgan fingerprint density at radius 3 is 1.53 bits per heavy atom. The average molecular weight is 929 g/mol. The first-order valence-electron chi connectivity index (χ1n) is 22.5. The van der Waals surface area contributed by atoms with E-state index in [1.807, 2.05) is 20.8 Å². The molecule has 0 spiro atoms. The zero-order valence-electron chi connectivity index (χ0n) is 37.2. The van der Waals surface area contributed by atoms with Crippen LogP contribution in [0.5, 0.6) is 0 Å². The summed E-state index contributed by atoms with van der Waals surface area (Å²) in [7, 11) is -7.58. The summed E-state index contributed by atoms with van der Waals surface area (Å²) in [6.07, 6.45) is 21.2. The molecule has 0 bridgehead atoms. The molecule has 2 aliphatic rings. The van der Waals surface area contributed by atoms with Gasteiger partial charge in [-0.1, -0.05) is 112 Å². The van der Waals surface area contributed by atoms with E-state index < -0.39 is 31.6 Å². The maximum Gasteiger partial charge on any atom is 0.307 e. The van der Waals surface area contributed by atoms with Crippen LogP contribution in [0.4, 0.5) is 0 Å². The van der Waals surface area contributed by atoms with E-state index >= 15 is 0 Å². The Kier molecular flexibility index (Phi) is 19.3. The molecule has 0 amide bonds. The molecule has 6 rings (SSSR count). The lowest BCUT2D eigenvalue weighted by atomic mass is 9.84. The monoisotopic (exact) mass is 928 g/mol. The van der Waals surface area contributed by atoms with Gasteiger partial charge in [-0.05, 0) is 69.7 Å². The third-order valence-electron chi connectivity index (χ3n) is 11.4. The molecule has 352 valence electrons. The van der Waals surface area contributed by atoms with Crippen molar-refractivity contribution in [2.24, 2.45) is 11.8 Å². The number of aromatic nitrogens is 6. The highest BCUT2D eigenvalue weighted by Crippen LogP contribution is 2.33. The number of carboxylic acids is 1. The molecule has 4 heterocycles. The van der Waals surface area contributed by atoms with E-state index in [1.54, 1.807) is 24.3 Å². The molecule has 0 aliphatic heterocycles. The Bertz CT molecular complexity index is 2240. The summed E-state index contributed by atoms with van der Waals surface area (Å²) in [5, 5.41) is 16.8. The van der Waals surface area contributed by atoms with Crippen LogP contribution in [0.2, 0.25) is 0 Å². The predicted octanol–water partition coefficient (Wildman–Crippen LogP) is 7.76. The fraction of sp³-hybridized carbons (Fsp3) is 0.636. The minimum absolute atomic E-state index is 0.0794. The lowest BCUT2D eigenvalue weighted by Gasteiger charge is -2.23. The van der Waals surface area contributed by atoms with Gasteiger partial charge in [-0.15, -0.1) is 0 Å². The lowest BCUT2D eigenvalue weighted by Crippen LogP contribution is -2.25. The topological polar surface area (TPSA) is 260 Å². The van der Waals surface area contributed by atoms with E-state index in [9.17, 15) is 31.5 Å². The highest BCUT2D eigenvalue weighted by Gasteiger charge is 2.28. The van der Waals surface area contributed by atoms with Crippen molar-refractivity contribution < 1.29 is 45.3 Å². The zero-order valence-corrected chi connectivity index (χ0v) is 38.8. The van der Waals surface area contributed by atoms with Crippen LogP contribution in [0.25, 0.3) is 0 Å². The number of nitrogens with zero attached hydrogens (tertiary/aromatic N) is 6. The molecule has 0 aromatic carbocycles. The maximum absolute atomic E-state index is 12.5. The van der Waals surface area contributed by atoms with Crippen LogP contribution in [0.1, 0.15) is 172 Å². The number of rotatable bonds is 22. The molecule has 2 aliphatic carbocycles. The van der Waals surface area contributed by atoms with Crippen molar-refractivity contribution >= 4 is 32.0 Å². The van der Waals surface area contributed by atoms with E-state index in [2.05, 4.69) is 39.7 Å². The van der Waals surface area contributed by atoms with Crippen LogP contribution in [0.15, 0.2) is 67.9 Å². The van der Waals surface area contributed by atoms with Crippen molar-refractivity contribution in [3.63, 3.8) is 0 Å². The molecule has 4 aromatic heterocycles. The number of carbonyl (C=O) groups is 2. The van der Waals surface area contributed by atoms with Gasteiger partial charge in [-0.25, -0.2) is 36.2 Å². The number of ether oxygens (including phenoxy) is 1. The van der Waals surface area contributed by atoms with Crippen LogP contribution in [0, 0.1) is 11.8 Å². The van der Waals surface area contributed by atoms with E-state index in [0.29, 0.717) is 12.3 Å². The van der Waals surface area contributed by atoms with Crippen LogP contribution in [-0.4, -0.2) is 69.7 Å². The summed E-state index contributed by atoms with van der Waals surface area (Å²) in [6.45, 7) is 5.21. The Hall–Kier alpha value is -4.66. The van der Waals surface area contributed by atoms with Gasteiger partial charge in [-0.3, -0.25) is 9.59 Å². The first-order valence-corrected chi connectivity index (χ1v) is 25.4. The van der Waals surface area contributed by atoms with Crippen molar-refractivity contribution in [1.29, 1.82) is 0 Å². The Labute approximate surface area is 376 Å². The first kappa shape index (κ1) is 50.3. The quantitative estimate of drug-likeness (QED) is 0.0636. The molecule has 2 atom stereocenters. The number of aliphatic carboxylic acids is 1. The van der Waals surface area contributed by atoms with Gasteiger partial charge in [0, 0.05) is 24.2 Å². The third kappa shape index (κ3) is 17.4. The molecule has 64 heavy (non-hydrogen) atoms. The van der Waals surface area contributed by atoms with E-state index in [1.165, 1.54) is 88.7 Å². The summed E-state index contributed by atoms with van der Waals surface area (Å²) in [5.74, 6) is 0.530. The highest BCUT2D eigenvalue weighted by atomic mass is 32.2. The third-order valence-corrected chi connectivity index (χ3v) is 14.0. The molecule has 2 fully saturated rings. The van der Waals surface area contributed by atoms with Gasteiger partial charge in [0.1, 0.15) is 5.60 Å². The Balaban J connectivity index is 0.000000243. The maximum atomic E-state index is 12.5. The number of sulfonamides is 2. The molecular formula is C44H64N8O10S2. The first-order chi connectivity index (χ1) is 30.6. The smallest absolute Gasteiger partial charge is 0.307 e. The number of hydrogen-bond donors (Lipinski definition) is 3. The number of carbonyl (C=O) groups excluding carboxylic acids is 1. The van der Waals surface area contributed by atoms with Crippen molar-refractivity contribution in [1.82, 2.24) is 39.7 Å². The summed E-state index contributed by atoms with van der Waals surface area (Å²) < 4.78 is 70.3. The van der Waals surface area contributed by atoms with Crippen molar-refractivity contribution in [3.8, 4) is 0 Å². The molecule has 18 nitrogen and oxygen atoms in total. The van der Waals surface area contributed by atoms with Gasteiger partial charge in [-0.2, -0.15) is 9.97 Å². The predicted molar refractivity (Wildman–Crippen MR) is 234 cm³/mol. The number of esters is 1. The minimum atomic E-state index is -3.79. The fourth-order valence-corrected chi connectivity index (χ4v) is 10.0. The summed E-state index contributed by atoms with van der Waals surface area (Å²) in [5.41, 5.74) is -0.576. The molecule has 4 aromatic rings. The van der Waals surface area contributed by atoms with Crippen molar-refractivity contribution in [2.45, 2.75) is 177 Å². The lowest BCUT2D eigenvalue weighted by molar-refractivity contribution is -0.155. The van der Waals surface area contributed by atoms with E-state index in [4.69, 9.17) is 13.8 Å². The molecular weight excluding hydrogens is 865 g/mol. The summed E-state index contributed by atoms with van der Waals surface area (Å²) in [4.78, 5) is 40.1. The normalized spacial score (nSPS) is 16.4. The van der Waals surface area contributed by atoms with Crippen LogP contribution in [0.3, 0.4) is 0 Å². The molecule has 0 saturated heterocycles. The van der Waals surface area contributed by atoms with Crippen molar-refractivity contribution in [3.05, 3.63) is 72.2 Å². The van der Waals surface area contributed by atoms with Gasteiger partial charge in [0.2, 0.25) is 11.8 Å². The standard InChI is InChI=1S/C24H36N4O5S.C20H28N4O5S/c1-24(2,3)32-22(29)16-19(13-9-12-18-10-5-4-6-11-18)23-27-20(28-33-23)17-26-34(30,31)21-14-7-8-15-25-21;25-19(26)13-16(10-6-9-15-7-2-1-3-8-15)20-23-17(24-29-20)14-22-30(27,28)18-11-4-5-12-21-18/h7-8,14-15,18-19,26H,4-6,9-13,16-17H2,1-3H3;4-5,11-12,15-16,22H,1-3,6-10,13-14H2,(H,25,26)/t19-;16-/m11/s1. The second-order valence-corrected chi connectivity index (χ2v) is 21.2. The van der Waals surface area contributed by atoms with Crippen molar-refractivity contribution in [2.75, 3.05) is 0 Å². The van der Waals surface area contributed by atoms with Gasteiger partial charge >= 0.3 is 11.9 Å². The largest absolute Gasteiger partial charge is 0.481 e. The molecule has 0 radical (unpaired) electrons. The second kappa shape index (κ2) is 24.6. The summed E-state index contributed by atoms with van der Waals surface area (Å²) in [6, 6.07) is 9.25. The van der Waals surface area contributed by atoms with Crippen LogP contribution >= 0.6 is 0 Å². The minimum Gasteiger partial charge on any atom is -0.481 e. The number of carboxylic acid groups (broad SMARTS) is 1. The van der Waals surface area contributed by atoms with E-state index in [-0.39, 0.29) is 71.3 Å². The fourth-order valence-electron chi connectivity index (χ4n) is 8.17. The Morgan fingerprint density at radius 1 is 0.703 bits per heavy atom. The van der Waals surface area contributed by atoms with Gasteiger partial charge in [0.15, 0.2) is 21.7 Å². The summed E-state index contributed by atoms with van der Waals surface area (Å²) >= 11 is 0. The molecule has 2 saturated carbocycles. The number of pyridine rings is 2. The van der Waals surface area contributed by atoms with Gasteiger partial charge in [0.25, 0.3) is 20.0 Å². The average Bonchev–Trinajstić information content (AvgIpc) is 3.96. The highest BCUT2D eigenvalue weighted by molar-refractivity contribution is 7.89. The Morgan fingerprint density at radius 2 is 1.14 bits per heavy atom.